The molecule has 2 amide bonds. The summed E-state index contributed by atoms with van der Waals surface area (Å²) >= 11 is 0. The second-order valence-corrected chi connectivity index (χ2v) is 3.83. The molecule has 18 heavy (non-hydrogen) atoms. The summed E-state index contributed by atoms with van der Waals surface area (Å²) in [5, 5.41) is 9.48. The van der Waals surface area contributed by atoms with Gasteiger partial charge in [-0.05, 0) is 6.07 Å². The first-order valence-electron chi connectivity index (χ1n) is 5.15. The van der Waals surface area contributed by atoms with Crippen molar-refractivity contribution in [3.05, 3.63) is 29.6 Å². The van der Waals surface area contributed by atoms with Gasteiger partial charge in [0, 0.05) is 12.1 Å². The van der Waals surface area contributed by atoms with E-state index in [1.807, 2.05) is 0 Å². The van der Waals surface area contributed by atoms with E-state index in [0.717, 1.165) is 6.07 Å². The number of carbonyl (C=O) groups excluding carboxylic acids is 2. The third kappa shape index (κ3) is 4.02. The molecule has 1 aromatic carbocycles. The number of nitrogens with zero attached hydrogens (tertiary/aromatic N) is 1. The zero-order chi connectivity index (χ0) is 13.7. The van der Waals surface area contributed by atoms with Crippen LogP contribution in [-0.4, -0.2) is 34.9 Å². The number of benzene rings is 1. The van der Waals surface area contributed by atoms with Crippen LogP contribution in [0.4, 0.5) is 4.39 Å². The Hall–Kier alpha value is -2.15. The minimum absolute atomic E-state index is 0.00449. The summed E-state index contributed by atoms with van der Waals surface area (Å²) in [5.74, 6) is -2.58. The van der Waals surface area contributed by atoms with Crippen molar-refractivity contribution in [3.63, 3.8) is 0 Å². The minimum Gasteiger partial charge on any atom is -0.505 e. The Balaban J connectivity index is 2.84. The van der Waals surface area contributed by atoms with E-state index in [1.54, 1.807) is 0 Å². The summed E-state index contributed by atoms with van der Waals surface area (Å²) in [6, 6.07) is 4.00. The van der Waals surface area contributed by atoms with Crippen LogP contribution in [0.15, 0.2) is 18.2 Å². The third-order valence-electron chi connectivity index (χ3n) is 2.22. The maximum absolute atomic E-state index is 13.1. The molecule has 6 nitrogen and oxygen atoms in total. The van der Waals surface area contributed by atoms with E-state index in [-0.39, 0.29) is 25.2 Å². The van der Waals surface area contributed by atoms with Gasteiger partial charge in [-0.15, -0.1) is 0 Å². The fourth-order valence-corrected chi connectivity index (χ4v) is 1.54. The standard InChI is InChI=1S/C11H14FN3O3/c12-8-3-1-2-7(11(8)18)4-15(5-9(13)16)6-10(14)17/h1-3,18H,4-6H2,(H2,13,16)(H2,14,17). The van der Waals surface area contributed by atoms with Gasteiger partial charge in [-0.25, -0.2) is 4.39 Å². The summed E-state index contributed by atoms with van der Waals surface area (Å²) in [6.45, 7) is -0.423. The van der Waals surface area contributed by atoms with Crippen LogP contribution in [0.2, 0.25) is 0 Å². The summed E-state index contributed by atoms with van der Waals surface area (Å²) in [5.41, 5.74) is 10.3. The molecule has 0 aliphatic rings. The largest absolute Gasteiger partial charge is 0.505 e. The molecule has 98 valence electrons. The molecule has 5 N–H and O–H groups in total. The molecule has 0 radical (unpaired) electrons. The molecule has 0 saturated heterocycles. The molecular formula is C11H14FN3O3. The average molecular weight is 255 g/mol. The maximum Gasteiger partial charge on any atom is 0.231 e. The lowest BCUT2D eigenvalue weighted by atomic mass is 10.1. The highest BCUT2D eigenvalue weighted by atomic mass is 19.1. The lowest BCUT2D eigenvalue weighted by Crippen LogP contribution is -2.39. The van der Waals surface area contributed by atoms with Crippen molar-refractivity contribution in [2.75, 3.05) is 13.1 Å². The molecule has 0 heterocycles. The first-order chi connectivity index (χ1) is 8.40. The normalized spacial score (nSPS) is 10.6. The Morgan fingerprint density at radius 3 is 2.28 bits per heavy atom. The first-order valence-corrected chi connectivity index (χ1v) is 5.15. The Labute approximate surface area is 103 Å². The molecule has 1 rings (SSSR count). The number of para-hydroxylation sites is 1. The number of primary amides is 2. The number of halogens is 1. The Kier molecular flexibility index (Phi) is 4.61. The monoisotopic (exact) mass is 255 g/mol. The van der Waals surface area contributed by atoms with Crippen molar-refractivity contribution in [1.82, 2.24) is 4.90 Å². The smallest absolute Gasteiger partial charge is 0.231 e. The second kappa shape index (κ2) is 5.97. The SMILES string of the molecule is NC(=O)CN(CC(N)=O)Cc1cccc(F)c1O. The van der Waals surface area contributed by atoms with E-state index in [4.69, 9.17) is 11.5 Å². The van der Waals surface area contributed by atoms with Gasteiger partial charge in [-0.3, -0.25) is 14.5 Å². The predicted molar refractivity (Wildman–Crippen MR) is 61.7 cm³/mol. The lowest BCUT2D eigenvalue weighted by molar-refractivity contribution is -0.122. The van der Waals surface area contributed by atoms with Crippen molar-refractivity contribution < 1.29 is 19.1 Å². The highest BCUT2D eigenvalue weighted by molar-refractivity contribution is 5.79. The molecule has 0 unspecified atom stereocenters. The third-order valence-corrected chi connectivity index (χ3v) is 2.22. The Morgan fingerprint density at radius 2 is 1.78 bits per heavy atom. The molecule has 0 aromatic heterocycles. The van der Waals surface area contributed by atoms with Crippen LogP contribution in [0.3, 0.4) is 0 Å². The van der Waals surface area contributed by atoms with Crippen molar-refractivity contribution in [1.29, 1.82) is 0 Å². The number of carbonyl (C=O) groups is 2. The fourth-order valence-electron chi connectivity index (χ4n) is 1.54. The molecule has 0 aliphatic carbocycles. The minimum atomic E-state index is -0.773. The first kappa shape index (κ1) is 13.9. The van der Waals surface area contributed by atoms with Gasteiger partial charge in [0.25, 0.3) is 0 Å². The number of hydrogen-bond donors (Lipinski definition) is 3. The van der Waals surface area contributed by atoms with Crippen LogP contribution >= 0.6 is 0 Å². The molecule has 0 fully saturated rings. The van der Waals surface area contributed by atoms with Gasteiger partial charge in [-0.2, -0.15) is 0 Å². The molecule has 0 bridgehead atoms. The number of rotatable bonds is 6. The molecule has 0 aliphatic heterocycles. The Bertz CT molecular complexity index is 449. The number of phenols is 1. The van der Waals surface area contributed by atoms with Crippen LogP contribution < -0.4 is 11.5 Å². The quantitative estimate of drug-likeness (QED) is 0.624. The van der Waals surface area contributed by atoms with E-state index in [1.165, 1.54) is 17.0 Å². The number of phenolic OH excluding ortho intramolecular Hbond substituents is 1. The van der Waals surface area contributed by atoms with Crippen molar-refractivity contribution >= 4 is 11.8 Å². The maximum atomic E-state index is 13.1. The van der Waals surface area contributed by atoms with Crippen LogP contribution in [0, 0.1) is 5.82 Å². The van der Waals surface area contributed by atoms with Crippen LogP contribution in [0.1, 0.15) is 5.56 Å². The zero-order valence-corrected chi connectivity index (χ0v) is 9.60. The number of hydrogen-bond acceptors (Lipinski definition) is 4. The molecule has 0 saturated carbocycles. The van der Waals surface area contributed by atoms with Crippen molar-refractivity contribution in [2.24, 2.45) is 11.5 Å². The van der Waals surface area contributed by atoms with Gasteiger partial charge in [0.15, 0.2) is 11.6 Å². The van der Waals surface area contributed by atoms with Crippen molar-refractivity contribution in [2.45, 2.75) is 6.54 Å². The summed E-state index contributed by atoms with van der Waals surface area (Å²) < 4.78 is 13.1. The van der Waals surface area contributed by atoms with Gasteiger partial charge in [-0.1, -0.05) is 12.1 Å². The summed E-state index contributed by atoms with van der Waals surface area (Å²) in [6.07, 6.45) is 0. The van der Waals surface area contributed by atoms with Gasteiger partial charge >= 0.3 is 0 Å². The van der Waals surface area contributed by atoms with E-state index < -0.39 is 23.4 Å². The van der Waals surface area contributed by atoms with Crippen LogP contribution in [-0.2, 0) is 16.1 Å². The lowest BCUT2D eigenvalue weighted by Gasteiger charge is -2.19. The summed E-state index contributed by atoms with van der Waals surface area (Å²) in [4.78, 5) is 23.0. The fraction of sp³-hybridized carbons (Fsp3) is 0.273. The summed E-state index contributed by atoms with van der Waals surface area (Å²) in [7, 11) is 0. The van der Waals surface area contributed by atoms with Gasteiger partial charge in [0.2, 0.25) is 11.8 Å². The number of nitrogens with two attached hydrogens (primary N) is 2. The number of aromatic hydroxyl groups is 1. The van der Waals surface area contributed by atoms with E-state index in [0.29, 0.717) is 0 Å². The average Bonchev–Trinajstić information content (AvgIpc) is 2.23. The zero-order valence-electron chi connectivity index (χ0n) is 9.60. The Morgan fingerprint density at radius 1 is 1.22 bits per heavy atom. The van der Waals surface area contributed by atoms with E-state index >= 15 is 0 Å². The molecule has 0 spiro atoms. The van der Waals surface area contributed by atoms with Crippen molar-refractivity contribution in [3.8, 4) is 5.75 Å². The van der Waals surface area contributed by atoms with Gasteiger partial charge < -0.3 is 16.6 Å². The van der Waals surface area contributed by atoms with Crippen LogP contribution in [0.25, 0.3) is 0 Å². The van der Waals surface area contributed by atoms with E-state index in [2.05, 4.69) is 0 Å². The van der Waals surface area contributed by atoms with Gasteiger partial charge in [0.1, 0.15) is 0 Å². The highest BCUT2D eigenvalue weighted by Gasteiger charge is 2.15. The molecule has 7 heteroatoms. The molecular weight excluding hydrogens is 241 g/mol. The number of amides is 2. The van der Waals surface area contributed by atoms with Gasteiger partial charge in [0.05, 0.1) is 13.1 Å². The molecule has 0 atom stereocenters. The van der Waals surface area contributed by atoms with E-state index in [9.17, 15) is 19.1 Å². The molecule has 1 aromatic rings. The second-order valence-electron chi connectivity index (χ2n) is 3.83. The highest BCUT2D eigenvalue weighted by Crippen LogP contribution is 2.21. The predicted octanol–water partition coefficient (Wildman–Crippen LogP) is -0.696. The van der Waals surface area contributed by atoms with Crippen LogP contribution in [0.5, 0.6) is 5.75 Å². The topological polar surface area (TPSA) is 110 Å².